The van der Waals surface area contributed by atoms with Crippen molar-refractivity contribution < 1.29 is 14.3 Å². The molecule has 0 aliphatic carbocycles. The molecule has 0 bridgehead atoms. The fourth-order valence-corrected chi connectivity index (χ4v) is 2.75. The highest BCUT2D eigenvalue weighted by molar-refractivity contribution is 5.97. The number of tetrazole rings is 1. The highest BCUT2D eigenvalue weighted by Crippen LogP contribution is 2.30. The number of hydrogen-bond donors (Lipinski definition) is 0. The Morgan fingerprint density at radius 3 is 2.46 bits per heavy atom. The van der Waals surface area contributed by atoms with Crippen LogP contribution in [0.4, 0.5) is 0 Å². The summed E-state index contributed by atoms with van der Waals surface area (Å²) in [6.45, 7) is 3.92. The van der Waals surface area contributed by atoms with Crippen molar-refractivity contribution in [2.24, 2.45) is 7.05 Å². The highest BCUT2D eigenvalue weighted by Gasteiger charge is 2.17. The molecule has 0 N–H and O–H groups in total. The number of Topliss-reactive ketones (excluding diaryl/α,β-unsaturated/α-hetero) is 1. The number of nitrogens with zero attached hydrogens (tertiary/aromatic N) is 5. The molecule has 0 saturated carbocycles. The smallest absolute Gasteiger partial charge is 0.205 e. The second-order valence-corrected chi connectivity index (χ2v) is 5.98. The molecular weight excluding hydrogens is 334 g/mol. The summed E-state index contributed by atoms with van der Waals surface area (Å²) in [6.07, 6.45) is 0. The molecule has 2 aromatic heterocycles. The molecule has 0 radical (unpaired) electrons. The molecule has 0 atom stereocenters. The van der Waals surface area contributed by atoms with Gasteiger partial charge >= 0.3 is 0 Å². The third-order valence-electron chi connectivity index (χ3n) is 4.46. The van der Waals surface area contributed by atoms with Crippen molar-refractivity contribution in [2.75, 3.05) is 14.2 Å². The summed E-state index contributed by atoms with van der Waals surface area (Å²) >= 11 is 0. The van der Waals surface area contributed by atoms with Crippen molar-refractivity contribution in [1.29, 1.82) is 0 Å². The average molecular weight is 355 g/mol. The molecule has 1 aromatic carbocycles. The molecule has 0 aliphatic rings. The van der Waals surface area contributed by atoms with Gasteiger partial charge in [0.1, 0.15) is 6.54 Å². The normalized spacial score (nSPS) is 10.8. The van der Waals surface area contributed by atoms with E-state index in [0.29, 0.717) is 22.9 Å². The molecule has 8 nitrogen and oxygen atoms in total. The van der Waals surface area contributed by atoms with Gasteiger partial charge in [0.2, 0.25) is 5.82 Å². The largest absolute Gasteiger partial charge is 0.493 e. The lowest BCUT2D eigenvalue weighted by Crippen LogP contribution is -2.14. The van der Waals surface area contributed by atoms with Gasteiger partial charge in [0.25, 0.3) is 0 Å². The van der Waals surface area contributed by atoms with Crippen molar-refractivity contribution in [2.45, 2.75) is 20.4 Å². The lowest BCUT2D eigenvalue weighted by molar-refractivity contribution is 0.0960. The first-order valence-corrected chi connectivity index (χ1v) is 8.11. The number of rotatable bonds is 6. The maximum Gasteiger partial charge on any atom is 0.205 e. The van der Waals surface area contributed by atoms with Gasteiger partial charge in [-0.3, -0.25) is 4.79 Å². The average Bonchev–Trinajstić information content (AvgIpc) is 3.21. The molecule has 3 rings (SSSR count). The first-order valence-electron chi connectivity index (χ1n) is 8.11. The van der Waals surface area contributed by atoms with E-state index in [9.17, 15) is 4.79 Å². The maximum atomic E-state index is 12.6. The topological polar surface area (TPSA) is 84.1 Å². The number of ether oxygens (including phenoxy) is 2. The molecule has 3 aromatic rings. The quantitative estimate of drug-likeness (QED) is 0.630. The molecule has 8 heteroatoms. The van der Waals surface area contributed by atoms with Crippen LogP contribution in [0.3, 0.4) is 0 Å². The Labute approximate surface area is 151 Å². The molecule has 0 amide bonds. The van der Waals surface area contributed by atoms with Gasteiger partial charge in [-0.1, -0.05) is 0 Å². The molecule has 136 valence electrons. The van der Waals surface area contributed by atoms with E-state index in [4.69, 9.17) is 9.47 Å². The van der Waals surface area contributed by atoms with Crippen LogP contribution in [-0.4, -0.2) is 44.8 Å². The van der Waals surface area contributed by atoms with Crippen LogP contribution in [0.2, 0.25) is 0 Å². The lowest BCUT2D eigenvalue weighted by Gasteiger charge is -2.07. The van der Waals surface area contributed by atoms with Crippen molar-refractivity contribution >= 4 is 5.78 Å². The van der Waals surface area contributed by atoms with E-state index in [0.717, 1.165) is 17.0 Å². The van der Waals surface area contributed by atoms with Crippen molar-refractivity contribution in [3.05, 3.63) is 41.2 Å². The Bertz CT molecular complexity index is 958. The molecular formula is C18H21N5O3. The number of ketones is 1. The second kappa shape index (κ2) is 6.99. The number of carbonyl (C=O) groups is 1. The minimum Gasteiger partial charge on any atom is -0.493 e. The predicted molar refractivity (Wildman–Crippen MR) is 95.6 cm³/mol. The number of carbonyl (C=O) groups excluding carboxylic acids is 1. The van der Waals surface area contributed by atoms with E-state index in [2.05, 4.69) is 15.4 Å². The van der Waals surface area contributed by atoms with Crippen LogP contribution in [0, 0.1) is 13.8 Å². The Morgan fingerprint density at radius 2 is 1.85 bits per heavy atom. The summed E-state index contributed by atoms with van der Waals surface area (Å²) < 4.78 is 12.5. The van der Waals surface area contributed by atoms with Gasteiger partial charge in [-0.2, -0.15) is 4.80 Å². The van der Waals surface area contributed by atoms with Gasteiger partial charge in [-0.05, 0) is 43.3 Å². The van der Waals surface area contributed by atoms with Crippen molar-refractivity contribution in [3.8, 4) is 22.9 Å². The van der Waals surface area contributed by atoms with Crippen LogP contribution in [-0.2, 0) is 13.6 Å². The zero-order valence-corrected chi connectivity index (χ0v) is 15.5. The fraction of sp³-hybridized carbons (Fsp3) is 0.333. The second-order valence-electron chi connectivity index (χ2n) is 5.98. The molecule has 0 spiro atoms. The minimum absolute atomic E-state index is 0.0323. The summed E-state index contributed by atoms with van der Waals surface area (Å²) in [5.74, 6) is 1.56. The Morgan fingerprint density at radius 1 is 1.12 bits per heavy atom. The van der Waals surface area contributed by atoms with Crippen molar-refractivity contribution in [1.82, 2.24) is 24.8 Å². The summed E-state index contributed by atoms with van der Waals surface area (Å²) in [6, 6.07) is 7.24. The summed E-state index contributed by atoms with van der Waals surface area (Å²) in [5, 5.41) is 12.3. The van der Waals surface area contributed by atoms with Gasteiger partial charge < -0.3 is 14.0 Å². The SMILES string of the molecule is COc1ccc(-c2nnn(CC(=O)c3cc(C)n(C)c3C)n2)cc1OC. The number of methoxy groups -OCH3 is 2. The van der Waals surface area contributed by atoms with Crippen molar-refractivity contribution in [3.63, 3.8) is 0 Å². The number of hydrogen-bond acceptors (Lipinski definition) is 6. The van der Waals surface area contributed by atoms with E-state index in [1.165, 1.54) is 4.80 Å². The molecule has 0 saturated heterocycles. The number of benzene rings is 1. The van der Waals surface area contributed by atoms with Crippen LogP contribution in [0.15, 0.2) is 24.3 Å². The minimum atomic E-state index is -0.0533. The Hall–Kier alpha value is -3.16. The van der Waals surface area contributed by atoms with E-state index in [1.54, 1.807) is 26.4 Å². The zero-order chi connectivity index (χ0) is 18.8. The molecule has 26 heavy (non-hydrogen) atoms. The van der Waals surface area contributed by atoms with Crippen LogP contribution in [0.1, 0.15) is 21.7 Å². The summed E-state index contributed by atoms with van der Waals surface area (Å²) in [5.41, 5.74) is 3.36. The third-order valence-corrected chi connectivity index (χ3v) is 4.46. The molecule has 0 unspecified atom stereocenters. The summed E-state index contributed by atoms with van der Waals surface area (Å²) in [7, 11) is 5.07. The van der Waals surface area contributed by atoms with Gasteiger partial charge in [0.05, 0.1) is 14.2 Å². The third kappa shape index (κ3) is 3.17. The van der Waals surface area contributed by atoms with Gasteiger partial charge in [0, 0.05) is 29.6 Å². The maximum absolute atomic E-state index is 12.6. The number of aromatic nitrogens is 5. The van der Waals surface area contributed by atoms with Crippen LogP contribution < -0.4 is 9.47 Å². The standard InChI is InChI=1S/C18H21N5O3/c1-11-8-14(12(2)22(11)3)15(24)10-23-20-18(19-21-23)13-6-7-16(25-4)17(9-13)26-5/h6-9H,10H2,1-5H3. The Kier molecular flexibility index (Phi) is 4.75. The predicted octanol–water partition coefficient (Wildman–Crippen LogP) is 2.20. The first kappa shape index (κ1) is 17.7. The Balaban J connectivity index is 1.82. The van der Waals surface area contributed by atoms with Crippen LogP contribution >= 0.6 is 0 Å². The van der Waals surface area contributed by atoms with E-state index in [1.807, 2.05) is 37.6 Å². The zero-order valence-electron chi connectivity index (χ0n) is 15.5. The number of aryl methyl sites for hydroxylation is 1. The van der Waals surface area contributed by atoms with E-state index >= 15 is 0 Å². The molecule has 0 fully saturated rings. The first-order chi connectivity index (χ1) is 12.4. The van der Waals surface area contributed by atoms with Crippen LogP contribution in [0.25, 0.3) is 11.4 Å². The van der Waals surface area contributed by atoms with E-state index < -0.39 is 0 Å². The van der Waals surface area contributed by atoms with Gasteiger partial charge in [0.15, 0.2) is 17.3 Å². The fourth-order valence-electron chi connectivity index (χ4n) is 2.75. The molecule has 2 heterocycles. The van der Waals surface area contributed by atoms with Gasteiger partial charge in [-0.25, -0.2) is 0 Å². The summed E-state index contributed by atoms with van der Waals surface area (Å²) in [4.78, 5) is 13.9. The lowest BCUT2D eigenvalue weighted by atomic mass is 10.1. The van der Waals surface area contributed by atoms with Crippen LogP contribution in [0.5, 0.6) is 11.5 Å². The van der Waals surface area contributed by atoms with Gasteiger partial charge in [-0.15, -0.1) is 10.2 Å². The van der Waals surface area contributed by atoms with E-state index in [-0.39, 0.29) is 12.3 Å². The monoisotopic (exact) mass is 355 g/mol. The molecule has 0 aliphatic heterocycles. The highest BCUT2D eigenvalue weighted by atomic mass is 16.5.